The van der Waals surface area contributed by atoms with Crippen molar-refractivity contribution in [3.8, 4) is 0 Å². The minimum atomic E-state index is -1.69. The first-order valence-electron chi connectivity index (χ1n) is 8.91. The Labute approximate surface area is 143 Å². The van der Waals surface area contributed by atoms with E-state index in [4.69, 9.17) is 8.84 Å². The molecule has 1 aromatic heterocycles. The van der Waals surface area contributed by atoms with Gasteiger partial charge in [0, 0.05) is 18.1 Å². The summed E-state index contributed by atoms with van der Waals surface area (Å²) in [6, 6.07) is 2.05. The molecule has 1 fully saturated rings. The fourth-order valence-corrected chi connectivity index (χ4v) is 4.24. The summed E-state index contributed by atoms with van der Waals surface area (Å²) in [7, 11) is -1.69. The van der Waals surface area contributed by atoms with Crippen LogP contribution in [-0.2, 0) is 4.43 Å². The van der Waals surface area contributed by atoms with E-state index >= 15 is 0 Å². The van der Waals surface area contributed by atoms with Gasteiger partial charge < -0.3 is 8.84 Å². The van der Waals surface area contributed by atoms with Crippen LogP contribution in [0.25, 0.3) is 6.08 Å². The summed E-state index contributed by atoms with van der Waals surface area (Å²) in [5.41, 5.74) is 2.95. The van der Waals surface area contributed by atoms with Crippen molar-refractivity contribution in [3.63, 3.8) is 0 Å². The van der Waals surface area contributed by atoms with E-state index in [-0.39, 0.29) is 10.5 Å². The first-order chi connectivity index (χ1) is 10.5. The summed E-state index contributed by atoms with van der Waals surface area (Å²) >= 11 is 0. The van der Waals surface area contributed by atoms with Crippen molar-refractivity contribution in [1.29, 1.82) is 0 Å². The molecule has 2 rings (SSSR count). The van der Waals surface area contributed by atoms with Crippen LogP contribution in [0.4, 0.5) is 0 Å². The standard InChI is InChI=1S/C20H34O2Si/c1-19(2,3)23(6,7)22-15-17-9-8-11-20(4,5)18(17)13-16-10-12-21-14-16/h10,12-14,17H,8-9,11,15H2,1-7H3/b18-13+/t17-/m1/s1. The van der Waals surface area contributed by atoms with Gasteiger partial charge in [0.2, 0.25) is 0 Å². The van der Waals surface area contributed by atoms with Gasteiger partial charge in [0.15, 0.2) is 8.32 Å². The molecule has 1 heterocycles. The predicted octanol–water partition coefficient (Wildman–Crippen LogP) is 6.51. The highest BCUT2D eigenvalue weighted by Crippen LogP contribution is 2.45. The SMILES string of the molecule is CC1(C)CCC[C@H](CO[Si](C)(C)C(C)(C)C)/C1=C\c1ccoc1. The molecular weight excluding hydrogens is 300 g/mol. The van der Waals surface area contributed by atoms with Gasteiger partial charge in [-0.2, -0.15) is 0 Å². The summed E-state index contributed by atoms with van der Waals surface area (Å²) in [6.07, 6.45) is 9.71. The van der Waals surface area contributed by atoms with Crippen molar-refractivity contribution in [1.82, 2.24) is 0 Å². The molecule has 1 saturated carbocycles. The van der Waals surface area contributed by atoms with E-state index in [9.17, 15) is 0 Å². The third-order valence-electron chi connectivity index (χ3n) is 5.89. The molecular formula is C20H34O2Si. The Hall–Kier alpha value is -0.803. The molecule has 0 radical (unpaired) electrons. The van der Waals surface area contributed by atoms with Crippen LogP contribution in [0.3, 0.4) is 0 Å². The Morgan fingerprint density at radius 3 is 2.61 bits per heavy atom. The molecule has 0 bridgehead atoms. The van der Waals surface area contributed by atoms with Crippen LogP contribution >= 0.6 is 0 Å². The second-order valence-corrected chi connectivity index (χ2v) is 14.0. The van der Waals surface area contributed by atoms with Crippen LogP contribution in [0.15, 0.2) is 28.6 Å². The predicted molar refractivity (Wildman–Crippen MR) is 101 cm³/mol. The molecule has 1 atom stereocenters. The average Bonchev–Trinajstić information content (AvgIpc) is 2.91. The zero-order valence-corrected chi connectivity index (χ0v) is 17.0. The first-order valence-corrected chi connectivity index (χ1v) is 11.8. The lowest BCUT2D eigenvalue weighted by molar-refractivity contribution is 0.189. The van der Waals surface area contributed by atoms with Gasteiger partial charge in [0.05, 0.1) is 12.5 Å². The second kappa shape index (κ2) is 6.60. The van der Waals surface area contributed by atoms with Gasteiger partial charge in [-0.3, -0.25) is 0 Å². The van der Waals surface area contributed by atoms with Crippen molar-refractivity contribution in [2.24, 2.45) is 11.3 Å². The molecule has 2 nitrogen and oxygen atoms in total. The van der Waals surface area contributed by atoms with Crippen molar-refractivity contribution in [2.45, 2.75) is 72.0 Å². The van der Waals surface area contributed by atoms with Crippen LogP contribution in [-0.4, -0.2) is 14.9 Å². The van der Waals surface area contributed by atoms with E-state index < -0.39 is 8.32 Å². The van der Waals surface area contributed by atoms with E-state index in [1.54, 1.807) is 6.26 Å². The highest BCUT2D eigenvalue weighted by atomic mass is 28.4. The van der Waals surface area contributed by atoms with Gasteiger partial charge >= 0.3 is 0 Å². The monoisotopic (exact) mass is 334 g/mol. The topological polar surface area (TPSA) is 22.4 Å². The molecule has 0 aliphatic heterocycles. The first kappa shape index (κ1) is 18.5. The Balaban J connectivity index is 2.18. The molecule has 0 amide bonds. The van der Waals surface area contributed by atoms with Gasteiger partial charge in [-0.05, 0) is 42.5 Å². The van der Waals surface area contributed by atoms with Gasteiger partial charge in [-0.15, -0.1) is 0 Å². The van der Waals surface area contributed by atoms with Crippen molar-refractivity contribution < 1.29 is 8.84 Å². The summed E-state index contributed by atoms with van der Waals surface area (Å²) in [5, 5.41) is 0.269. The largest absolute Gasteiger partial charge is 0.472 e. The lowest BCUT2D eigenvalue weighted by Crippen LogP contribution is -2.43. The van der Waals surface area contributed by atoms with Gasteiger partial charge in [0.25, 0.3) is 0 Å². The van der Waals surface area contributed by atoms with Crippen LogP contribution < -0.4 is 0 Å². The van der Waals surface area contributed by atoms with Crippen LogP contribution in [0.1, 0.15) is 59.4 Å². The fourth-order valence-electron chi connectivity index (χ4n) is 3.19. The number of furan rings is 1. The summed E-state index contributed by atoms with van der Waals surface area (Å²) < 4.78 is 11.8. The van der Waals surface area contributed by atoms with Gasteiger partial charge in [-0.1, -0.05) is 52.7 Å². The zero-order chi connectivity index (χ0) is 17.3. The summed E-state index contributed by atoms with van der Waals surface area (Å²) in [4.78, 5) is 0. The Bertz CT molecular complexity index is 532. The maximum atomic E-state index is 6.55. The number of hydrogen-bond acceptors (Lipinski definition) is 2. The molecule has 130 valence electrons. The molecule has 3 heteroatoms. The molecule has 23 heavy (non-hydrogen) atoms. The van der Waals surface area contributed by atoms with Crippen molar-refractivity contribution in [2.75, 3.05) is 6.61 Å². The van der Waals surface area contributed by atoms with Gasteiger partial charge in [0.1, 0.15) is 0 Å². The van der Waals surface area contributed by atoms with E-state index in [1.165, 1.54) is 30.4 Å². The number of hydrogen-bond donors (Lipinski definition) is 0. The van der Waals surface area contributed by atoms with Crippen LogP contribution in [0, 0.1) is 11.3 Å². The molecule has 0 unspecified atom stereocenters. The van der Waals surface area contributed by atoms with Crippen LogP contribution in [0.5, 0.6) is 0 Å². The second-order valence-electron chi connectivity index (χ2n) is 9.20. The highest BCUT2D eigenvalue weighted by Gasteiger charge is 2.39. The number of rotatable bonds is 4. The molecule has 0 saturated heterocycles. The zero-order valence-electron chi connectivity index (χ0n) is 16.0. The van der Waals surface area contributed by atoms with E-state index in [0.29, 0.717) is 5.92 Å². The third-order valence-corrected chi connectivity index (χ3v) is 10.4. The molecule has 0 spiro atoms. The Kier molecular flexibility index (Phi) is 5.32. The fraction of sp³-hybridized carbons (Fsp3) is 0.700. The Morgan fingerprint density at radius 2 is 2.04 bits per heavy atom. The maximum Gasteiger partial charge on any atom is 0.192 e. The highest BCUT2D eigenvalue weighted by molar-refractivity contribution is 6.74. The average molecular weight is 335 g/mol. The smallest absolute Gasteiger partial charge is 0.192 e. The maximum absolute atomic E-state index is 6.55. The minimum Gasteiger partial charge on any atom is -0.472 e. The van der Waals surface area contributed by atoms with E-state index in [0.717, 1.165) is 6.61 Å². The van der Waals surface area contributed by atoms with E-state index in [2.05, 4.69) is 53.8 Å². The van der Waals surface area contributed by atoms with Crippen molar-refractivity contribution >= 4 is 14.4 Å². The lowest BCUT2D eigenvalue weighted by Gasteiger charge is -2.42. The van der Waals surface area contributed by atoms with Crippen LogP contribution in [0.2, 0.25) is 18.1 Å². The summed E-state index contributed by atoms with van der Waals surface area (Å²) in [6.45, 7) is 17.2. The molecule has 1 aliphatic rings. The Morgan fingerprint density at radius 1 is 1.35 bits per heavy atom. The van der Waals surface area contributed by atoms with Gasteiger partial charge in [-0.25, -0.2) is 0 Å². The van der Waals surface area contributed by atoms with E-state index in [1.807, 2.05) is 12.3 Å². The third kappa shape index (κ3) is 4.39. The normalized spacial score (nSPS) is 24.1. The molecule has 0 N–H and O–H groups in total. The quantitative estimate of drug-likeness (QED) is 0.585. The molecule has 1 aliphatic carbocycles. The molecule has 0 aromatic carbocycles. The lowest BCUT2D eigenvalue weighted by atomic mass is 9.67. The van der Waals surface area contributed by atoms with Crippen molar-refractivity contribution in [3.05, 3.63) is 29.7 Å². The summed E-state index contributed by atoms with van der Waals surface area (Å²) in [5.74, 6) is 0.530. The molecule has 1 aromatic rings. The minimum absolute atomic E-state index is 0.247.